The summed E-state index contributed by atoms with van der Waals surface area (Å²) >= 11 is 17.5. The predicted molar refractivity (Wildman–Crippen MR) is 179 cm³/mol. The van der Waals surface area contributed by atoms with Crippen LogP contribution in [0.3, 0.4) is 0 Å². The Labute approximate surface area is 275 Å². The molecule has 224 valence electrons. The second kappa shape index (κ2) is 12.4. The third kappa shape index (κ3) is 5.54. The number of rotatable bonds is 7. The molecule has 0 fully saturated rings. The fraction of sp³-hybridized carbons (Fsp3) is 0.182. The van der Waals surface area contributed by atoms with Gasteiger partial charge in [0.2, 0.25) is 0 Å². The number of carbonyl (C=O) groups excluding carboxylic acids is 1. The molecule has 0 radical (unpaired) electrons. The number of allylic oxidation sites excluding steroid dienone is 1. The summed E-state index contributed by atoms with van der Waals surface area (Å²) in [6, 6.07) is 18.2. The van der Waals surface area contributed by atoms with Crippen molar-refractivity contribution in [1.82, 2.24) is 9.13 Å². The predicted octanol–water partition coefficient (Wildman–Crippen LogP) is 6.88. The molecule has 0 spiro atoms. The minimum absolute atomic E-state index is 0.199. The van der Waals surface area contributed by atoms with Gasteiger partial charge in [0.05, 0.1) is 40.0 Å². The summed E-state index contributed by atoms with van der Waals surface area (Å²) in [5.41, 5.74) is 4.09. The van der Waals surface area contributed by atoms with E-state index in [0.717, 1.165) is 27.6 Å². The lowest BCUT2D eigenvalue weighted by Gasteiger charge is -2.25. The van der Waals surface area contributed by atoms with Gasteiger partial charge >= 0.3 is 5.97 Å². The molecule has 3 aromatic carbocycles. The average molecular weight is 711 g/mol. The van der Waals surface area contributed by atoms with Crippen LogP contribution in [0.4, 0.5) is 0 Å². The number of ether oxygens (including phenoxy) is 2. The third-order valence-corrected chi connectivity index (χ3v) is 9.66. The molecule has 0 saturated heterocycles. The van der Waals surface area contributed by atoms with E-state index in [1.54, 1.807) is 37.7 Å². The molecule has 1 atom stereocenters. The highest BCUT2D eigenvalue weighted by molar-refractivity contribution is 9.10. The van der Waals surface area contributed by atoms with E-state index in [-0.39, 0.29) is 12.2 Å². The molecule has 0 amide bonds. The second-order valence-corrected chi connectivity index (χ2v) is 12.9. The van der Waals surface area contributed by atoms with Gasteiger partial charge in [-0.1, -0.05) is 64.9 Å². The Morgan fingerprint density at radius 1 is 1.14 bits per heavy atom. The number of benzene rings is 3. The van der Waals surface area contributed by atoms with E-state index in [1.165, 1.54) is 11.3 Å². The lowest BCUT2D eigenvalue weighted by Crippen LogP contribution is -2.39. The van der Waals surface area contributed by atoms with Crippen molar-refractivity contribution in [3.05, 3.63) is 129 Å². The van der Waals surface area contributed by atoms with Crippen LogP contribution in [0.5, 0.6) is 5.75 Å². The van der Waals surface area contributed by atoms with Crippen LogP contribution in [0.2, 0.25) is 10.0 Å². The second-order valence-electron chi connectivity index (χ2n) is 10.2. The zero-order valence-corrected chi connectivity index (χ0v) is 27.9. The number of aromatic nitrogens is 2. The topological polar surface area (TPSA) is 74.8 Å². The normalized spacial score (nSPS) is 15.0. The molecule has 0 bridgehead atoms. The van der Waals surface area contributed by atoms with Gasteiger partial charge in [-0.25, -0.2) is 9.79 Å². The molecule has 0 saturated carbocycles. The quantitative estimate of drug-likeness (QED) is 0.173. The molecular weight excluding hydrogens is 685 g/mol. The summed E-state index contributed by atoms with van der Waals surface area (Å²) in [7, 11) is 1.58. The number of hydrogen-bond donors (Lipinski definition) is 0. The van der Waals surface area contributed by atoms with Gasteiger partial charge < -0.3 is 14.0 Å². The average Bonchev–Trinajstić information content (AvgIpc) is 3.50. The minimum atomic E-state index is -0.733. The van der Waals surface area contributed by atoms with Crippen LogP contribution in [0.15, 0.2) is 92.4 Å². The van der Waals surface area contributed by atoms with E-state index in [0.29, 0.717) is 47.4 Å². The number of para-hydroxylation sites is 1. The molecule has 0 N–H and O–H groups in total. The van der Waals surface area contributed by atoms with Crippen LogP contribution in [0.25, 0.3) is 17.0 Å². The molecule has 2 aromatic heterocycles. The van der Waals surface area contributed by atoms with Gasteiger partial charge in [0.15, 0.2) is 4.80 Å². The highest BCUT2D eigenvalue weighted by Crippen LogP contribution is 2.35. The van der Waals surface area contributed by atoms with Crippen molar-refractivity contribution >= 4 is 73.4 Å². The highest BCUT2D eigenvalue weighted by Gasteiger charge is 2.33. The first-order valence-electron chi connectivity index (χ1n) is 13.7. The van der Waals surface area contributed by atoms with Crippen molar-refractivity contribution in [2.24, 2.45) is 4.99 Å². The number of esters is 1. The monoisotopic (exact) mass is 709 g/mol. The summed E-state index contributed by atoms with van der Waals surface area (Å²) in [5.74, 6) is 0.125. The summed E-state index contributed by atoms with van der Waals surface area (Å²) in [6.07, 6.45) is 3.90. The van der Waals surface area contributed by atoms with Crippen molar-refractivity contribution in [3.63, 3.8) is 0 Å². The fourth-order valence-corrected chi connectivity index (χ4v) is 7.52. The number of methoxy groups -OCH3 is 1. The Bertz CT molecular complexity index is 2170. The maximum atomic E-state index is 14.2. The number of fused-ring (bicyclic) bond motifs is 2. The third-order valence-electron chi connectivity index (χ3n) is 7.47. The largest absolute Gasteiger partial charge is 0.496 e. The van der Waals surface area contributed by atoms with E-state index in [9.17, 15) is 9.59 Å². The molecule has 6 rings (SSSR count). The van der Waals surface area contributed by atoms with Crippen molar-refractivity contribution in [2.45, 2.75) is 26.4 Å². The van der Waals surface area contributed by atoms with Gasteiger partial charge in [-0.2, -0.15) is 0 Å². The van der Waals surface area contributed by atoms with Crippen LogP contribution in [0.1, 0.15) is 36.6 Å². The van der Waals surface area contributed by atoms with Gasteiger partial charge in [0, 0.05) is 39.3 Å². The van der Waals surface area contributed by atoms with E-state index >= 15 is 0 Å². The molecule has 5 aromatic rings. The Hall–Kier alpha value is -3.63. The molecule has 3 heterocycles. The summed E-state index contributed by atoms with van der Waals surface area (Å²) in [4.78, 5) is 32.6. The maximum absolute atomic E-state index is 14.2. The van der Waals surface area contributed by atoms with Gasteiger partial charge in [-0.05, 0) is 77.3 Å². The molecule has 11 heteroatoms. The zero-order chi connectivity index (χ0) is 31.1. The first-order valence-corrected chi connectivity index (χ1v) is 16.1. The Kier molecular flexibility index (Phi) is 8.57. The van der Waals surface area contributed by atoms with Crippen LogP contribution in [-0.2, 0) is 16.1 Å². The smallest absolute Gasteiger partial charge is 0.338 e. The van der Waals surface area contributed by atoms with Crippen LogP contribution in [0, 0.1) is 0 Å². The lowest BCUT2D eigenvalue weighted by atomic mass is 9.96. The highest BCUT2D eigenvalue weighted by atomic mass is 79.9. The molecule has 1 aliphatic rings. The Morgan fingerprint density at radius 2 is 1.93 bits per heavy atom. The van der Waals surface area contributed by atoms with Crippen molar-refractivity contribution in [1.29, 1.82) is 0 Å². The van der Waals surface area contributed by atoms with Gasteiger partial charge in [0.1, 0.15) is 5.75 Å². The van der Waals surface area contributed by atoms with Gasteiger partial charge in [0.25, 0.3) is 5.56 Å². The molecule has 1 unspecified atom stereocenters. The molecule has 44 heavy (non-hydrogen) atoms. The van der Waals surface area contributed by atoms with E-state index in [4.69, 9.17) is 37.7 Å². The van der Waals surface area contributed by atoms with Crippen molar-refractivity contribution in [3.8, 4) is 5.75 Å². The summed E-state index contributed by atoms with van der Waals surface area (Å²) in [6.45, 7) is 4.24. The van der Waals surface area contributed by atoms with Crippen molar-refractivity contribution in [2.75, 3.05) is 13.7 Å². The summed E-state index contributed by atoms with van der Waals surface area (Å²) < 4.78 is 15.7. The first kappa shape index (κ1) is 30.4. The zero-order valence-electron chi connectivity index (χ0n) is 23.9. The summed E-state index contributed by atoms with van der Waals surface area (Å²) in [5, 5.41) is 2.15. The molecular formula is C33H26BrCl2N3O4S. The number of hydrogen-bond acceptors (Lipinski definition) is 6. The number of nitrogens with zero attached hydrogens (tertiary/aromatic N) is 3. The number of thiazole rings is 1. The van der Waals surface area contributed by atoms with E-state index in [2.05, 4.69) is 20.5 Å². The number of carbonyl (C=O) groups is 1. The van der Waals surface area contributed by atoms with Crippen LogP contribution in [-0.4, -0.2) is 28.8 Å². The lowest BCUT2D eigenvalue weighted by molar-refractivity contribution is -0.139. The Morgan fingerprint density at radius 3 is 2.66 bits per heavy atom. The SMILES string of the molecule is CCOC(=O)C1=C(C)N=c2s/c(=C/c3cn(Cc4ccc(Cl)cc4Cl)c4ccccc34)c(=O)n2C1c1ccc(OC)c(Br)c1. The van der Waals surface area contributed by atoms with Crippen LogP contribution >= 0.6 is 50.5 Å². The maximum Gasteiger partial charge on any atom is 0.338 e. The van der Waals surface area contributed by atoms with Gasteiger partial charge in [-0.3, -0.25) is 9.36 Å². The van der Waals surface area contributed by atoms with Crippen LogP contribution < -0.4 is 19.6 Å². The fourth-order valence-electron chi connectivity index (χ4n) is 5.46. The first-order chi connectivity index (χ1) is 21.2. The molecule has 1 aliphatic heterocycles. The van der Waals surface area contributed by atoms with E-state index in [1.807, 2.05) is 60.8 Å². The Balaban J connectivity index is 1.52. The molecule has 0 aliphatic carbocycles. The molecule has 7 nitrogen and oxygen atoms in total. The number of halogens is 3. The van der Waals surface area contributed by atoms with Crippen molar-refractivity contribution < 1.29 is 14.3 Å². The van der Waals surface area contributed by atoms with Gasteiger partial charge in [-0.15, -0.1) is 0 Å². The standard InChI is InChI=1S/C33H26BrCl2N3O4S/c1-4-43-32(41)29-18(2)37-33-39(30(29)19-10-12-27(42-3)24(34)13-19)31(40)28(44-33)14-21-17-38(26-8-6-5-7-23(21)26)16-20-9-11-22(35)15-25(20)36/h5-15,17,30H,4,16H2,1-3H3/b28-14+. The minimum Gasteiger partial charge on any atom is -0.496 e. The van der Waals surface area contributed by atoms with E-state index < -0.39 is 12.0 Å².